The number of carbonyl (C=O) groups is 1. The summed E-state index contributed by atoms with van der Waals surface area (Å²) in [5.74, 6) is 0.657. The molecule has 0 aromatic heterocycles. The number of cyclic esters (lactones) is 1. The Kier molecular flexibility index (Phi) is 6.08. The molecule has 4 N–H and O–H groups in total. The lowest BCUT2D eigenvalue weighted by atomic mass is 9.42. The van der Waals surface area contributed by atoms with Crippen LogP contribution in [0.15, 0.2) is 11.6 Å². The van der Waals surface area contributed by atoms with Gasteiger partial charge in [0.2, 0.25) is 0 Å². The molecule has 6 heteroatoms. The van der Waals surface area contributed by atoms with Crippen LogP contribution < -0.4 is 0 Å². The van der Waals surface area contributed by atoms with E-state index in [2.05, 4.69) is 6.92 Å². The van der Waals surface area contributed by atoms with E-state index in [1.165, 1.54) is 0 Å². The van der Waals surface area contributed by atoms with Crippen molar-refractivity contribution >= 4 is 5.97 Å². The van der Waals surface area contributed by atoms with E-state index in [4.69, 9.17) is 9.84 Å². The van der Waals surface area contributed by atoms with Crippen LogP contribution in [0.3, 0.4) is 0 Å². The number of rotatable bonds is 1. The van der Waals surface area contributed by atoms with Crippen molar-refractivity contribution in [2.24, 2.45) is 34.5 Å². The van der Waals surface area contributed by atoms with Gasteiger partial charge in [-0.2, -0.15) is 0 Å². The molecular formula is C25H40O6. The molecule has 6 nitrogen and oxygen atoms in total. The van der Waals surface area contributed by atoms with Crippen molar-refractivity contribution in [1.29, 1.82) is 0 Å². The molecule has 31 heavy (non-hydrogen) atoms. The van der Waals surface area contributed by atoms with Crippen molar-refractivity contribution in [2.75, 3.05) is 13.2 Å². The molecule has 1 heterocycles. The first-order valence-corrected chi connectivity index (χ1v) is 12.2. The van der Waals surface area contributed by atoms with Gasteiger partial charge in [0.25, 0.3) is 0 Å². The van der Waals surface area contributed by atoms with Gasteiger partial charge in [-0.3, -0.25) is 0 Å². The number of hydrogen-bond acceptors (Lipinski definition) is 6. The van der Waals surface area contributed by atoms with Crippen molar-refractivity contribution in [3.63, 3.8) is 0 Å². The van der Waals surface area contributed by atoms with E-state index in [1.54, 1.807) is 13.0 Å². The summed E-state index contributed by atoms with van der Waals surface area (Å²) < 4.78 is 5.16. The summed E-state index contributed by atoms with van der Waals surface area (Å²) in [5.41, 5.74) is -0.507. The zero-order valence-corrected chi connectivity index (χ0v) is 19.2. The largest absolute Gasteiger partial charge is 0.458 e. The minimum Gasteiger partial charge on any atom is -0.458 e. The van der Waals surface area contributed by atoms with E-state index >= 15 is 0 Å². The molecule has 176 valence electrons. The molecule has 5 rings (SSSR count). The third-order valence-corrected chi connectivity index (χ3v) is 10.0. The van der Waals surface area contributed by atoms with Crippen molar-refractivity contribution in [1.82, 2.24) is 0 Å². The predicted octanol–water partition coefficient (Wildman–Crippen LogP) is 2.57. The van der Waals surface area contributed by atoms with Crippen LogP contribution in [0.1, 0.15) is 72.1 Å². The Labute approximate surface area is 185 Å². The van der Waals surface area contributed by atoms with Crippen LogP contribution in [0, 0.1) is 34.5 Å². The summed E-state index contributed by atoms with van der Waals surface area (Å²) in [7, 11) is 0. The molecule has 0 aromatic carbocycles. The number of carbonyl (C=O) groups excluding carboxylic acids is 1. The van der Waals surface area contributed by atoms with Crippen molar-refractivity contribution in [3.05, 3.63) is 11.6 Å². The summed E-state index contributed by atoms with van der Waals surface area (Å²) in [4.78, 5) is 11.6. The number of hydrogen-bond donors (Lipinski definition) is 4. The molecule has 0 amide bonds. The van der Waals surface area contributed by atoms with Crippen molar-refractivity contribution in [2.45, 2.75) is 89.9 Å². The van der Waals surface area contributed by atoms with E-state index in [0.29, 0.717) is 31.3 Å². The summed E-state index contributed by atoms with van der Waals surface area (Å²) >= 11 is 0. The molecule has 9 unspecified atom stereocenters. The van der Waals surface area contributed by atoms with Gasteiger partial charge >= 0.3 is 5.97 Å². The van der Waals surface area contributed by atoms with Gasteiger partial charge in [-0.25, -0.2) is 4.79 Å². The summed E-state index contributed by atoms with van der Waals surface area (Å²) in [6, 6.07) is 0. The average molecular weight is 437 g/mol. The van der Waals surface area contributed by atoms with E-state index in [9.17, 15) is 20.1 Å². The SMILES string of the molecule is CC12CCC(O)CC1CCC1C2CC(O)C2(C)C(C3=CC(=O)OC3)CCC12O.CCO. The molecular weight excluding hydrogens is 396 g/mol. The molecule has 0 bridgehead atoms. The number of aliphatic hydroxyl groups is 4. The standard InChI is InChI=1S/C23H34O5.C2H6O/c1-21-7-5-15(24)10-14(21)3-4-17-18(21)11-19(25)22(2)16(6-8-23(17,22)27)13-9-20(26)28-12-13;1-2-3/h9,14-19,24-25,27H,3-8,10-12H2,1-2H3;3H,2H2,1H3. The average Bonchev–Trinajstić information content (AvgIpc) is 3.26. The molecule has 0 aromatic rings. The number of ether oxygens (including phenoxy) is 1. The second-order valence-corrected chi connectivity index (χ2v) is 11.1. The van der Waals surface area contributed by atoms with Crippen LogP contribution in [-0.4, -0.2) is 57.4 Å². The first-order chi connectivity index (χ1) is 14.6. The Morgan fingerprint density at radius 2 is 1.77 bits per heavy atom. The topological polar surface area (TPSA) is 107 Å². The lowest BCUT2D eigenvalue weighted by Crippen LogP contribution is -2.67. The molecule has 5 aliphatic rings. The highest BCUT2D eigenvalue weighted by atomic mass is 16.5. The first kappa shape index (κ1) is 23.2. The van der Waals surface area contributed by atoms with E-state index in [0.717, 1.165) is 44.1 Å². The van der Waals surface area contributed by atoms with E-state index in [-0.39, 0.29) is 35.9 Å². The minimum atomic E-state index is -0.906. The zero-order chi connectivity index (χ0) is 22.6. The van der Waals surface area contributed by atoms with Gasteiger partial charge in [0.15, 0.2) is 0 Å². The fourth-order valence-corrected chi connectivity index (χ4v) is 8.37. The minimum absolute atomic E-state index is 0.00129. The molecule has 0 radical (unpaired) electrons. The van der Waals surface area contributed by atoms with Crippen LogP contribution in [-0.2, 0) is 9.53 Å². The summed E-state index contributed by atoms with van der Waals surface area (Å²) in [6.45, 7) is 6.62. The van der Waals surface area contributed by atoms with Gasteiger partial charge in [-0.1, -0.05) is 13.8 Å². The summed E-state index contributed by atoms with van der Waals surface area (Å²) in [6.07, 6.45) is 7.69. The first-order valence-electron chi connectivity index (χ1n) is 12.2. The zero-order valence-electron chi connectivity index (χ0n) is 19.2. The second-order valence-electron chi connectivity index (χ2n) is 11.1. The molecule has 9 atom stereocenters. The molecule has 4 fully saturated rings. The van der Waals surface area contributed by atoms with Crippen LogP contribution in [0.2, 0.25) is 0 Å². The van der Waals surface area contributed by atoms with Gasteiger partial charge in [0, 0.05) is 18.1 Å². The number of aliphatic hydroxyl groups excluding tert-OH is 3. The maximum absolute atomic E-state index is 12.1. The number of esters is 1. The second kappa shape index (κ2) is 8.12. The van der Waals surface area contributed by atoms with Crippen LogP contribution in [0.5, 0.6) is 0 Å². The smallest absolute Gasteiger partial charge is 0.331 e. The van der Waals surface area contributed by atoms with Gasteiger partial charge in [-0.15, -0.1) is 0 Å². The molecule has 1 aliphatic heterocycles. The predicted molar refractivity (Wildman–Crippen MR) is 116 cm³/mol. The fraction of sp³-hybridized carbons (Fsp3) is 0.880. The molecule has 4 aliphatic carbocycles. The molecule has 0 spiro atoms. The maximum Gasteiger partial charge on any atom is 0.331 e. The molecule has 4 saturated carbocycles. The van der Waals surface area contributed by atoms with Gasteiger partial charge in [0.1, 0.15) is 6.61 Å². The Morgan fingerprint density at radius 1 is 1.06 bits per heavy atom. The molecule has 0 saturated heterocycles. The fourth-order valence-electron chi connectivity index (χ4n) is 8.37. The maximum atomic E-state index is 12.1. The monoisotopic (exact) mass is 436 g/mol. The summed E-state index contributed by atoms with van der Waals surface area (Å²) in [5, 5.41) is 41.3. The van der Waals surface area contributed by atoms with Crippen LogP contribution >= 0.6 is 0 Å². The highest BCUT2D eigenvalue weighted by molar-refractivity contribution is 5.85. The Bertz CT molecular complexity index is 736. The third-order valence-electron chi connectivity index (χ3n) is 10.0. The Hall–Kier alpha value is -0.950. The Morgan fingerprint density at radius 3 is 2.42 bits per heavy atom. The Balaban J connectivity index is 0.000000730. The highest BCUT2D eigenvalue weighted by Crippen LogP contribution is 2.69. The highest BCUT2D eigenvalue weighted by Gasteiger charge is 2.70. The van der Waals surface area contributed by atoms with Crippen molar-refractivity contribution < 1.29 is 30.0 Å². The lowest BCUT2D eigenvalue weighted by Gasteiger charge is -2.64. The van der Waals surface area contributed by atoms with Crippen molar-refractivity contribution in [3.8, 4) is 0 Å². The van der Waals surface area contributed by atoms with E-state index in [1.807, 2.05) is 6.92 Å². The van der Waals surface area contributed by atoms with Gasteiger partial charge < -0.3 is 25.2 Å². The van der Waals surface area contributed by atoms with Gasteiger partial charge in [0.05, 0.1) is 17.8 Å². The quantitative estimate of drug-likeness (QED) is 0.471. The van der Waals surface area contributed by atoms with Crippen LogP contribution in [0.25, 0.3) is 0 Å². The van der Waals surface area contributed by atoms with Crippen LogP contribution in [0.4, 0.5) is 0 Å². The number of fused-ring (bicyclic) bond motifs is 5. The van der Waals surface area contributed by atoms with Gasteiger partial charge in [-0.05, 0) is 93.0 Å². The normalized spacial score (nSPS) is 50.9. The lowest BCUT2D eigenvalue weighted by molar-refractivity contribution is -0.244. The third kappa shape index (κ3) is 3.32. The van der Waals surface area contributed by atoms with E-state index < -0.39 is 17.1 Å².